The van der Waals surface area contributed by atoms with Crippen LogP contribution in [-0.4, -0.2) is 37.3 Å². The van der Waals surface area contributed by atoms with Crippen LogP contribution in [0.25, 0.3) is 0 Å². The van der Waals surface area contributed by atoms with E-state index in [0.29, 0.717) is 12.1 Å². The number of hydrogen-bond donors (Lipinski definition) is 1. The first-order valence-electron chi connectivity index (χ1n) is 12.8. The maximum absolute atomic E-state index is 13.4. The second-order valence-electron chi connectivity index (χ2n) is 11.6. The molecule has 1 amide bonds. The molecule has 1 N–H and O–H groups in total. The van der Waals surface area contributed by atoms with Crippen LogP contribution in [0.2, 0.25) is 0 Å². The van der Waals surface area contributed by atoms with Crippen molar-refractivity contribution in [1.29, 1.82) is 0 Å². The van der Waals surface area contributed by atoms with Crippen LogP contribution >= 0.6 is 0 Å². The normalized spacial score (nSPS) is 12.1. The Morgan fingerprint density at radius 1 is 0.872 bits per heavy atom. The molecule has 0 aromatic heterocycles. The third kappa shape index (κ3) is 7.69. The highest BCUT2D eigenvalue weighted by Gasteiger charge is 2.28. The molecule has 7 nitrogen and oxygen atoms in total. The van der Waals surface area contributed by atoms with E-state index in [4.69, 9.17) is 4.74 Å². The van der Waals surface area contributed by atoms with Gasteiger partial charge in [0.15, 0.2) is 6.61 Å². The summed E-state index contributed by atoms with van der Waals surface area (Å²) in [5.41, 5.74) is 1.76. The van der Waals surface area contributed by atoms with Crippen molar-refractivity contribution in [2.45, 2.75) is 70.9 Å². The zero-order chi connectivity index (χ0) is 29.0. The molecule has 3 aromatic rings. The first kappa shape index (κ1) is 29.9. The first-order valence-corrected chi connectivity index (χ1v) is 14.3. The molecule has 0 radical (unpaired) electrons. The molecule has 0 bridgehead atoms. The van der Waals surface area contributed by atoms with Crippen molar-refractivity contribution in [2.24, 2.45) is 0 Å². The SMILES string of the molecule is Cc1ccc(C(C)(C)C)cc1S(=O)(=O)Nc1ccccc1C(=O)OCC(=O)N(Cc1ccccc1)C(C)(C)C. The topological polar surface area (TPSA) is 92.8 Å². The fraction of sp³-hybridized carbons (Fsp3) is 0.355. The smallest absolute Gasteiger partial charge is 0.340 e. The summed E-state index contributed by atoms with van der Waals surface area (Å²) in [4.78, 5) is 27.9. The average Bonchev–Trinajstić information content (AvgIpc) is 2.85. The Kier molecular flexibility index (Phi) is 8.91. The Balaban J connectivity index is 1.80. The number of carbonyl (C=O) groups is 2. The number of esters is 1. The number of hydrogen-bond acceptors (Lipinski definition) is 5. The van der Waals surface area contributed by atoms with Gasteiger partial charge in [-0.05, 0) is 68.0 Å². The second kappa shape index (κ2) is 11.6. The minimum absolute atomic E-state index is 0.0175. The lowest BCUT2D eigenvalue weighted by Crippen LogP contribution is -2.46. The van der Waals surface area contributed by atoms with Crippen LogP contribution in [-0.2, 0) is 31.5 Å². The number of benzene rings is 3. The van der Waals surface area contributed by atoms with Crippen LogP contribution < -0.4 is 4.72 Å². The molecule has 3 aromatic carbocycles. The maximum atomic E-state index is 13.4. The van der Waals surface area contributed by atoms with Crippen LogP contribution in [0.3, 0.4) is 0 Å². The number of carbonyl (C=O) groups excluding carboxylic acids is 2. The first-order chi connectivity index (χ1) is 18.1. The number of amides is 1. The van der Waals surface area contributed by atoms with Crippen molar-refractivity contribution in [3.63, 3.8) is 0 Å². The van der Waals surface area contributed by atoms with E-state index in [-0.39, 0.29) is 27.5 Å². The molecule has 0 spiro atoms. The minimum atomic E-state index is -4.01. The van der Waals surface area contributed by atoms with E-state index in [2.05, 4.69) is 4.72 Å². The zero-order valence-corrected chi connectivity index (χ0v) is 24.6. The Morgan fingerprint density at radius 2 is 1.49 bits per heavy atom. The number of anilines is 1. The summed E-state index contributed by atoms with van der Waals surface area (Å²) in [6, 6.07) is 21.1. The van der Waals surface area contributed by atoms with E-state index >= 15 is 0 Å². The minimum Gasteiger partial charge on any atom is -0.452 e. The molecule has 0 aliphatic heterocycles. The molecule has 0 heterocycles. The molecule has 0 fully saturated rings. The number of sulfonamides is 1. The van der Waals surface area contributed by atoms with Gasteiger partial charge in [0.25, 0.3) is 15.9 Å². The maximum Gasteiger partial charge on any atom is 0.340 e. The van der Waals surface area contributed by atoms with Gasteiger partial charge in [0.05, 0.1) is 16.1 Å². The summed E-state index contributed by atoms with van der Waals surface area (Å²) in [5.74, 6) is -1.15. The van der Waals surface area contributed by atoms with Gasteiger partial charge < -0.3 is 9.64 Å². The van der Waals surface area contributed by atoms with Gasteiger partial charge >= 0.3 is 5.97 Å². The lowest BCUT2D eigenvalue weighted by atomic mass is 9.87. The van der Waals surface area contributed by atoms with Crippen LogP contribution in [0.5, 0.6) is 0 Å². The Bertz CT molecular complexity index is 1440. The van der Waals surface area contributed by atoms with Crippen molar-refractivity contribution in [3.8, 4) is 0 Å². The standard InChI is InChI=1S/C31H38N2O5S/c1-22-17-18-24(30(2,3)4)19-27(22)39(36,37)32-26-16-12-11-15-25(26)29(35)38-21-28(34)33(31(5,6)7)20-23-13-9-8-10-14-23/h8-19,32H,20-21H2,1-7H3. The number of rotatable bonds is 8. The summed E-state index contributed by atoms with van der Waals surface area (Å²) in [5, 5.41) is 0. The second-order valence-corrected chi connectivity index (χ2v) is 13.2. The van der Waals surface area contributed by atoms with Gasteiger partial charge in [0, 0.05) is 12.1 Å². The zero-order valence-electron chi connectivity index (χ0n) is 23.7. The molecule has 0 unspecified atom stereocenters. The fourth-order valence-electron chi connectivity index (χ4n) is 4.05. The predicted molar refractivity (Wildman–Crippen MR) is 154 cm³/mol. The molecule has 8 heteroatoms. The summed E-state index contributed by atoms with van der Waals surface area (Å²) < 4.78 is 34.7. The third-order valence-electron chi connectivity index (χ3n) is 6.36. The van der Waals surface area contributed by atoms with Crippen LogP contribution in [0.4, 0.5) is 5.69 Å². The van der Waals surface area contributed by atoms with Crippen LogP contribution in [0.1, 0.15) is 68.6 Å². The highest BCUT2D eigenvalue weighted by atomic mass is 32.2. The highest BCUT2D eigenvalue weighted by molar-refractivity contribution is 7.92. The molecule has 3 rings (SSSR count). The van der Waals surface area contributed by atoms with E-state index < -0.39 is 28.1 Å². The number of aryl methyl sites for hydroxylation is 1. The molecular weight excluding hydrogens is 512 g/mol. The molecular formula is C31H38N2O5S. The molecule has 0 aliphatic carbocycles. The lowest BCUT2D eigenvalue weighted by Gasteiger charge is -2.35. The van der Waals surface area contributed by atoms with Gasteiger partial charge in [0.1, 0.15) is 0 Å². The monoisotopic (exact) mass is 550 g/mol. The van der Waals surface area contributed by atoms with Crippen molar-refractivity contribution in [1.82, 2.24) is 4.90 Å². The van der Waals surface area contributed by atoms with Crippen molar-refractivity contribution in [2.75, 3.05) is 11.3 Å². The molecule has 0 aliphatic rings. The van der Waals surface area contributed by atoms with Crippen molar-refractivity contribution in [3.05, 3.63) is 95.1 Å². The van der Waals surface area contributed by atoms with E-state index in [0.717, 1.165) is 11.1 Å². The Hall–Kier alpha value is -3.65. The average molecular weight is 551 g/mol. The van der Waals surface area contributed by atoms with Gasteiger partial charge in [-0.3, -0.25) is 9.52 Å². The molecule has 208 valence electrons. The summed E-state index contributed by atoms with van der Waals surface area (Å²) >= 11 is 0. The summed E-state index contributed by atoms with van der Waals surface area (Å²) in [7, 11) is -4.01. The van der Waals surface area contributed by atoms with Crippen molar-refractivity contribution < 1.29 is 22.7 Å². The molecule has 0 saturated carbocycles. The third-order valence-corrected chi connectivity index (χ3v) is 7.86. The van der Waals surface area contributed by atoms with E-state index in [9.17, 15) is 18.0 Å². The van der Waals surface area contributed by atoms with Crippen molar-refractivity contribution >= 4 is 27.6 Å². The molecule has 0 atom stereocenters. The van der Waals surface area contributed by atoms with E-state index in [1.54, 1.807) is 36.1 Å². The van der Waals surface area contributed by atoms with Gasteiger partial charge in [-0.25, -0.2) is 13.2 Å². The van der Waals surface area contributed by atoms with E-state index in [1.807, 2.05) is 77.9 Å². The Labute approximate surface area is 232 Å². The molecule has 39 heavy (non-hydrogen) atoms. The van der Waals surface area contributed by atoms with Crippen LogP contribution in [0.15, 0.2) is 77.7 Å². The van der Waals surface area contributed by atoms with Gasteiger partial charge in [-0.2, -0.15) is 0 Å². The van der Waals surface area contributed by atoms with Gasteiger partial charge in [0.2, 0.25) is 0 Å². The fourth-order valence-corrected chi connectivity index (χ4v) is 5.41. The quantitative estimate of drug-likeness (QED) is 0.343. The molecule has 0 saturated heterocycles. The number of nitrogens with one attached hydrogen (secondary N) is 1. The largest absolute Gasteiger partial charge is 0.452 e. The number of para-hydroxylation sites is 1. The van der Waals surface area contributed by atoms with Gasteiger partial charge in [-0.15, -0.1) is 0 Å². The van der Waals surface area contributed by atoms with E-state index in [1.165, 1.54) is 12.1 Å². The highest BCUT2D eigenvalue weighted by Crippen LogP contribution is 2.29. The summed E-state index contributed by atoms with van der Waals surface area (Å²) in [6.07, 6.45) is 0. The number of nitrogens with zero attached hydrogens (tertiary/aromatic N) is 1. The van der Waals surface area contributed by atoms with Gasteiger partial charge in [-0.1, -0.05) is 75.4 Å². The van der Waals surface area contributed by atoms with Crippen LogP contribution in [0, 0.1) is 6.92 Å². The predicted octanol–water partition coefficient (Wildman–Crippen LogP) is 6.08. The lowest BCUT2D eigenvalue weighted by molar-refractivity contribution is -0.140. The summed E-state index contributed by atoms with van der Waals surface area (Å²) in [6.45, 7) is 13.4. The number of ether oxygens (including phenoxy) is 1. The Morgan fingerprint density at radius 3 is 2.10 bits per heavy atom.